The Kier molecular flexibility index (Phi) is 3.63. The van der Waals surface area contributed by atoms with Crippen LogP contribution in [-0.4, -0.2) is 46.0 Å². The number of H-pyrrole nitrogens is 1. The van der Waals surface area contributed by atoms with Crippen LogP contribution in [0.1, 0.15) is 23.3 Å². The van der Waals surface area contributed by atoms with Crippen LogP contribution in [0.5, 0.6) is 0 Å². The van der Waals surface area contributed by atoms with Crippen molar-refractivity contribution in [1.82, 2.24) is 15.1 Å². The molecule has 122 valence electrons. The van der Waals surface area contributed by atoms with Gasteiger partial charge in [0.05, 0.1) is 12.1 Å². The van der Waals surface area contributed by atoms with Crippen LogP contribution in [0.15, 0.2) is 18.2 Å². The first-order valence-corrected chi connectivity index (χ1v) is 7.07. The van der Waals surface area contributed by atoms with Crippen molar-refractivity contribution in [2.75, 3.05) is 18.4 Å². The van der Waals surface area contributed by atoms with Gasteiger partial charge in [0.1, 0.15) is 0 Å². The van der Waals surface area contributed by atoms with Crippen LogP contribution in [0.25, 0.3) is 10.9 Å². The predicted octanol–water partition coefficient (Wildman–Crippen LogP) is 1.92. The van der Waals surface area contributed by atoms with Crippen LogP contribution in [0.3, 0.4) is 0 Å². The average Bonchev–Trinajstić information content (AvgIpc) is 2.89. The van der Waals surface area contributed by atoms with E-state index in [0.717, 1.165) is 4.90 Å². The van der Waals surface area contributed by atoms with Gasteiger partial charge in [-0.15, -0.1) is 0 Å². The maximum Gasteiger partial charge on any atom is 0.322 e. The number of urea groups is 1. The Balaban J connectivity index is 1.79. The Hall–Kier alpha value is -2.71. The molecule has 0 spiro atoms. The monoisotopic (exact) mass is 323 g/mol. The molecule has 0 saturated carbocycles. The maximum atomic E-state index is 13.4. The summed E-state index contributed by atoms with van der Waals surface area (Å²) in [5.41, 5.74) is 6.24. The van der Waals surface area contributed by atoms with Crippen LogP contribution in [0.4, 0.5) is 19.3 Å². The number of halogens is 2. The lowest BCUT2D eigenvalue weighted by Crippen LogP contribution is -2.47. The van der Waals surface area contributed by atoms with Gasteiger partial charge in [-0.05, 0) is 24.6 Å². The molecule has 3 rings (SSSR count). The minimum atomic E-state index is -2.86. The number of rotatable bonds is 2. The summed E-state index contributed by atoms with van der Waals surface area (Å²) in [4.78, 5) is 24.5. The third-order valence-electron chi connectivity index (χ3n) is 3.73. The molecule has 0 aliphatic carbocycles. The highest BCUT2D eigenvalue weighted by Gasteiger charge is 2.37. The van der Waals surface area contributed by atoms with Gasteiger partial charge in [-0.2, -0.15) is 5.10 Å². The number of nitrogens with zero attached hydrogens (tertiary/aromatic N) is 2. The minimum Gasteiger partial charge on any atom is -0.364 e. The molecule has 23 heavy (non-hydrogen) atoms. The number of nitrogens with one attached hydrogen (secondary N) is 2. The zero-order chi connectivity index (χ0) is 16.6. The molecule has 1 aliphatic rings. The molecule has 3 amide bonds. The van der Waals surface area contributed by atoms with Crippen LogP contribution < -0.4 is 11.1 Å². The van der Waals surface area contributed by atoms with Gasteiger partial charge in [0.25, 0.3) is 11.8 Å². The molecular weight excluding hydrogens is 308 g/mol. The van der Waals surface area contributed by atoms with E-state index >= 15 is 0 Å². The number of piperidine rings is 1. The summed E-state index contributed by atoms with van der Waals surface area (Å²) in [5.74, 6) is -3.56. The normalized spacial score (nSPS) is 17.2. The van der Waals surface area contributed by atoms with E-state index in [9.17, 15) is 18.4 Å². The van der Waals surface area contributed by atoms with Crippen molar-refractivity contribution in [2.24, 2.45) is 5.73 Å². The van der Waals surface area contributed by atoms with Crippen LogP contribution in [0.2, 0.25) is 0 Å². The van der Waals surface area contributed by atoms with Gasteiger partial charge in [0.15, 0.2) is 5.69 Å². The molecule has 1 aromatic carbocycles. The first-order valence-electron chi connectivity index (χ1n) is 7.07. The lowest BCUT2D eigenvalue weighted by Gasteiger charge is -2.32. The zero-order valence-corrected chi connectivity index (χ0v) is 12.1. The van der Waals surface area contributed by atoms with Crippen molar-refractivity contribution in [1.29, 1.82) is 0 Å². The fourth-order valence-corrected chi connectivity index (χ4v) is 2.62. The second-order valence-electron chi connectivity index (χ2n) is 5.51. The predicted molar refractivity (Wildman–Crippen MR) is 79.4 cm³/mol. The van der Waals surface area contributed by atoms with Crippen molar-refractivity contribution in [3.8, 4) is 0 Å². The number of hydrogen-bond acceptors (Lipinski definition) is 3. The summed E-state index contributed by atoms with van der Waals surface area (Å²) in [5, 5.41) is 9.47. The standard InChI is InChI=1S/C14H15F2N5O2/c15-14(16)4-1-5-21(7-14)13(23)18-8-2-3-10-9(6-8)11(12(17)22)20-19-10/h2-3,6H,1,4-5,7H2,(H2,17,22)(H,18,23)(H,19,20). The van der Waals surface area contributed by atoms with Gasteiger partial charge < -0.3 is 16.0 Å². The van der Waals surface area contributed by atoms with Crippen molar-refractivity contribution in [2.45, 2.75) is 18.8 Å². The summed E-state index contributed by atoms with van der Waals surface area (Å²) < 4.78 is 26.8. The van der Waals surface area contributed by atoms with Gasteiger partial charge in [-0.3, -0.25) is 9.89 Å². The Morgan fingerprint density at radius 1 is 1.39 bits per heavy atom. The second-order valence-corrected chi connectivity index (χ2v) is 5.51. The van der Waals surface area contributed by atoms with Crippen LogP contribution in [0, 0.1) is 0 Å². The van der Waals surface area contributed by atoms with E-state index in [1.54, 1.807) is 12.1 Å². The van der Waals surface area contributed by atoms with Gasteiger partial charge in [-0.25, -0.2) is 13.6 Å². The van der Waals surface area contributed by atoms with Crippen molar-refractivity contribution < 1.29 is 18.4 Å². The van der Waals surface area contributed by atoms with Crippen molar-refractivity contribution >= 4 is 28.5 Å². The van der Waals surface area contributed by atoms with Crippen molar-refractivity contribution in [3.63, 3.8) is 0 Å². The molecule has 9 heteroatoms. The Bertz CT molecular complexity index is 774. The minimum absolute atomic E-state index is 0.0561. The number of carbonyl (C=O) groups is 2. The number of hydrogen-bond donors (Lipinski definition) is 3. The molecule has 7 nitrogen and oxygen atoms in total. The van der Waals surface area contributed by atoms with E-state index < -0.39 is 24.4 Å². The lowest BCUT2D eigenvalue weighted by atomic mass is 10.1. The molecule has 0 bridgehead atoms. The summed E-state index contributed by atoms with van der Waals surface area (Å²) in [6.45, 7) is -0.318. The molecule has 0 atom stereocenters. The highest BCUT2D eigenvalue weighted by Crippen LogP contribution is 2.27. The Morgan fingerprint density at radius 2 is 2.17 bits per heavy atom. The van der Waals surface area contributed by atoms with E-state index in [-0.39, 0.29) is 25.1 Å². The molecule has 1 fully saturated rings. The summed E-state index contributed by atoms with van der Waals surface area (Å²) >= 11 is 0. The highest BCUT2D eigenvalue weighted by atomic mass is 19.3. The fourth-order valence-electron chi connectivity index (χ4n) is 2.62. The van der Waals surface area contributed by atoms with Gasteiger partial charge in [0.2, 0.25) is 0 Å². The quantitative estimate of drug-likeness (QED) is 0.786. The third kappa shape index (κ3) is 3.08. The topological polar surface area (TPSA) is 104 Å². The summed E-state index contributed by atoms with van der Waals surface area (Å²) in [6.07, 6.45) is 0.0484. The highest BCUT2D eigenvalue weighted by molar-refractivity contribution is 6.05. The van der Waals surface area contributed by atoms with E-state index in [2.05, 4.69) is 15.5 Å². The molecule has 0 unspecified atom stereocenters. The first-order chi connectivity index (χ1) is 10.9. The van der Waals surface area contributed by atoms with Crippen LogP contribution in [-0.2, 0) is 0 Å². The van der Waals surface area contributed by atoms with E-state index in [4.69, 9.17) is 5.73 Å². The van der Waals surface area contributed by atoms with Gasteiger partial charge >= 0.3 is 6.03 Å². The van der Waals surface area contributed by atoms with Gasteiger partial charge in [0, 0.05) is 24.0 Å². The Labute approximate surface area is 129 Å². The second kappa shape index (κ2) is 5.49. The van der Waals surface area contributed by atoms with Crippen LogP contribution >= 0.6 is 0 Å². The average molecular weight is 323 g/mol. The molecule has 2 aromatic rings. The molecule has 0 radical (unpaired) electrons. The number of benzene rings is 1. The largest absolute Gasteiger partial charge is 0.364 e. The summed E-state index contributed by atoms with van der Waals surface area (Å²) in [6, 6.07) is 4.13. The number of nitrogens with two attached hydrogens (primary N) is 1. The molecule has 1 aliphatic heterocycles. The molecule has 4 N–H and O–H groups in total. The molecular formula is C14H15F2N5O2. The number of aromatic amines is 1. The molecule has 1 aromatic heterocycles. The fraction of sp³-hybridized carbons (Fsp3) is 0.357. The van der Waals surface area contributed by atoms with E-state index in [1.165, 1.54) is 6.07 Å². The van der Waals surface area contributed by atoms with E-state index in [1.807, 2.05) is 0 Å². The number of likely N-dealkylation sites (tertiary alicyclic amines) is 1. The van der Waals surface area contributed by atoms with Gasteiger partial charge in [-0.1, -0.05) is 0 Å². The van der Waals surface area contributed by atoms with E-state index in [0.29, 0.717) is 16.6 Å². The first kappa shape index (κ1) is 15.2. The zero-order valence-electron chi connectivity index (χ0n) is 12.1. The lowest BCUT2D eigenvalue weighted by molar-refractivity contribution is -0.0510. The molecule has 1 saturated heterocycles. The van der Waals surface area contributed by atoms with Crippen molar-refractivity contribution in [3.05, 3.63) is 23.9 Å². The number of carbonyl (C=O) groups excluding carboxylic acids is 2. The Morgan fingerprint density at radius 3 is 2.87 bits per heavy atom. The summed E-state index contributed by atoms with van der Waals surface area (Å²) in [7, 11) is 0. The molecule has 2 heterocycles. The number of aromatic nitrogens is 2. The maximum absolute atomic E-state index is 13.4. The SMILES string of the molecule is NC(=O)c1n[nH]c2ccc(NC(=O)N3CCCC(F)(F)C3)cc12. The number of amides is 3. The number of primary amides is 1. The number of alkyl halides is 2. The smallest absolute Gasteiger partial charge is 0.322 e. The third-order valence-corrected chi connectivity index (χ3v) is 3.73. The number of anilines is 1. The number of fused-ring (bicyclic) bond motifs is 1.